The SMILES string of the molecule is CCCCN(CC)CCNC(=O)[C@H]1CCC(=O)N(c2ccc(OC)cc2)[C@@H]1c1ccc(F)cc1. The lowest BCUT2D eigenvalue weighted by Crippen LogP contribution is -2.49. The molecule has 2 atom stereocenters. The highest BCUT2D eigenvalue weighted by molar-refractivity contribution is 5.97. The Morgan fingerprint density at radius 1 is 1.12 bits per heavy atom. The van der Waals surface area contributed by atoms with Crippen LogP contribution in [0.15, 0.2) is 48.5 Å². The van der Waals surface area contributed by atoms with Gasteiger partial charge in [-0.2, -0.15) is 0 Å². The average Bonchev–Trinajstić information content (AvgIpc) is 2.86. The van der Waals surface area contributed by atoms with Crippen molar-refractivity contribution in [3.63, 3.8) is 0 Å². The maximum atomic E-state index is 13.7. The molecule has 2 aromatic carbocycles. The van der Waals surface area contributed by atoms with Gasteiger partial charge in [-0.3, -0.25) is 9.59 Å². The molecule has 0 radical (unpaired) electrons. The fourth-order valence-electron chi connectivity index (χ4n) is 4.53. The van der Waals surface area contributed by atoms with Gasteiger partial charge in [0.1, 0.15) is 11.6 Å². The number of ether oxygens (including phenoxy) is 1. The second-order valence-corrected chi connectivity index (χ2v) is 8.68. The van der Waals surface area contributed by atoms with Crippen LogP contribution < -0.4 is 15.0 Å². The lowest BCUT2D eigenvalue weighted by molar-refractivity contribution is -0.129. The van der Waals surface area contributed by atoms with Gasteiger partial charge in [0.2, 0.25) is 11.8 Å². The van der Waals surface area contributed by atoms with E-state index >= 15 is 0 Å². The standard InChI is InChI=1S/C27H36FN3O3/c1-4-6-18-30(5-2)19-17-29-27(33)24-15-16-25(32)31(22-11-13-23(34-3)14-12-22)26(24)20-7-9-21(28)10-8-20/h7-14,24,26H,4-6,15-19H2,1-3H3,(H,29,33)/t24-,26+/m0/s1. The van der Waals surface area contributed by atoms with Crippen molar-refractivity contribution >= 4 is 17.5 Å². The Hall–Kier alpha value is -2.93. The molecule has 1 saturated heterocycles. The molecular weight excluding hydrogens is 433 g/mol. The van der Waals surface area contributed by atoms with Gasteiger partial charge in [0.25, 0.3) is 0 Å². The van der Waals surface area contributed by atoms with Crippen molar-refractivity contribution in [2.45, 2.75) is 45.6 Å². The lowest BCUT2D eigenvalue weighted by atomic mass is 9.83. The van der Waals surface area contributed by atoms with Crippen LogP contribution in [0.25, 0.3) is 0 Å². The Morgan fingerprint density at radius 3 is 2.44 bits per heavy atom. The van der Waals surface area contributed by atoms with Crippen LogP contribution in [0.2, 0.25) is 0 Å². The molecule has 2 aromatic rings. The normalized spacial score (nSPS) is 18.3. The van der Waals surface area contributed by atoms with E-state index in [4.69, 9.17) is 4.74 Å². The molecule has 7 heteroatoms. The Morgan fingerprint density at radius 2 is 1.82 bits per heavy atom. The van der Waals surface area contributed by atoms with Gasteiger partial charge in [0.15, 0.2) is 0 Å². The summed E-state index contributed by atoms with van der Waals surface area (Å²) in [7, 11) is 1.59. The second-order valence-electron chi connectivity index (χ2n) is 8.68. The number of likely N-dealkylation sites (N-methyl/N-ethyl adjacent to an activating group) is 1. The zero-order valence-electron chi connectivity index (χ0n) is 20.4. The molecule has 3 rings (SSSR count). The van der Waals surface area contributed by atoms with E-state index < -0.39 is 12.0 Å². The number of hydrogen-bond acceptors (Lipinski definition) is 4. The first-order chi connectivity index (χ1) is 16.5. The predicted octanol–water partition coefficient (Wildman–Crippen LogP) is 4.56. The third kappa shape index (κ3) is 6.35. The van der Waals surface area contributed by atoms with Gasteiger partial charge in [-0.05, 0) is 67.9 Å². The topological polar surface area (TPSA) is 61.9 Å². The number of methoxy groups -OCH3 is 1. The fourth-order valence-corrected chi connectivity index (χ4v) is 4.53. The molecule has 0 bridgehead atoms. The van der Waals surface area contributed by atoms with Crippen LogP contribution in [0.4, 0.5) is 10.1 Å². The molecule has 6 nitrogen and oxygen atoms in total. The van der Waals surface area contributed by atoms with E-state index in [1.54, 1.807) is 36.3 Å². The van der Waals surface area contributed by atoms with Gasteiger partial charge in [-0.25, -0.2) is 4.39 Å². The molecule has 1 aliphatic heterocycles. The van der Waals surface area contributed by atoms with Crippen LogP contribution in [0, 0.1) is 11.7 Å². The maximum Gasteiger partial charge on any atom is 0.227 e. The molecule has 1 N–H and O–H groups in total. The van der Waals surface area contributed by atoms with E-state index in [9.17, 15) is 14.0 Å². The number of carbonyl (C=O) groups excluding carboxylic acids is 2. The highest BCUT2D eigenvalue weighted by Gasteiger charge is 2.41. The molecule has 34 heavy (non-hydrogen) atoms. The minimum absolute atomic E-state index is 0.0553. The third-order valence-corrected chi connectivity index (χ3v) is 6.50. The summed E-state index contributed by atoms with van der Waals surface area (Å²) in [6.45, 7) is 7.60. The lowest BCUT2D eigenvalue weighted by Gasteiger charge is -2.41. The fraction of sp³-hybridized carbons (Fsp3) is 0.481. The molecule has 184 valence electrons. The van der Waals surface area contributed by atoms with Crippen LogP contribution in [0.3, 0.4) is 0 Å². The molecular formula is C27H36FN3O3. The smallest absolute Gasteiger partial charge is 0.227 e. The highest BCUT2D eigenvalue weighted by Crippen LogP contribution is 2.40. The highest BCUT2D eigenvalue weighted by atomic mass is 19.1. The van der Waals surface area contributed by atoms with Gasteiger partial charge in [-0.1, -0.05) is 32.4 Å². The number of carbonyl (C=O) groups is 2. The molecule has 2 amide bonds. The van der Waals surface area contributed by atoms with Crippen LogP contribution in [0.1, 0.15) is 51.1 Å². The van der Waals surface area contributed by atoms with Crippen molar-refractivity contribution in [2.75, 3.05) is 38.2 Å². The first-order valence-corrected chi connectivity index (χ1v) is 12.2. The monoisotopic (exact) mass is 469 g/mol. The number of halogens is 1. The Bertz CT molecular complexity index is 933. The number of rotatable bonds is 11. The largest absolute Gasteiger partial charge is 0.497 e. The zero-order chi connectivity index (χ0) is 24.5. The van der Waals surface area contributed by atoms with Crippen molar-refractivity contribution in [3.05, 3.63) is 59.9 Å². The summed E-state index contributed by atoms with van der Waals surface area (Å²) in [5.74, 6) is -0.234. The predicted molar refractivity (Wildman–Crippen MR) is 132 cm³/mol. The number of benzene rings is 2. The van der Waals surface area contributed by atoms with Crippen molar-refractivity contribution in [3.8, 4) is 5.75 Å². The molecule has 1 fully saturated rings. The molecule has 0 saturated carbocycles. The summed E-state index contributed by atoms with van der Waals surface area (Å²) in [5, 5.41) is 3.10. The van der Waals surface area contributed by atoms with Crippen LogP contribution in [-0.4, -0.2) is 50.0 Å². The summed E-state index contributed by atoms with van der Waals surface area (Å²) in [6.07, 6.45) is 3.00. The minimum atomic E-state index is -0.516. The summed E-state index contributed by atoms with van der Waals surface area (Å²) in [5.41, 5.74) is 1.43. The number of hydrogen-bond donors (Lipinski definition) is 1. The van der Waals surface area contributed by atoms with Gasteiger partial charge in [0, 0.05) is 25.2 Å². The minimum Gasteiger partial charge on any atom is -0.497 e. The second kappa shape index (κ2) is 12.5. The first kappa shape index (κ1) is 25.7. The Kier molecular flexibility index (Phi) is 9.45. The number of amides is 2. The molecule has 0 aromatic heterocycles. The molecule has 0 aliphatic carbocycles. The number of anilines is 1. The van der Waals surface area contributed by atoms with Gasteiger partial charge in [-0.15, -0.1) is 0 Å². The van der Waals surface area contributed by atoms with E-state index in [-0.39, 0.29) is 24.1 Å². The van der Waals surface area contributed by atoms with Crippen LogP contribution in [-0.2, 0) is 9.59 Å². The van der Waals surface area contributed by atoms with Crippen LogP contribution >= 0.6 is 0 Å². The summed E-state index contributed by atoms with van der Waals surface area (Å²) in [4.78, 5) is 30.5. The molecule has 0 spiro atoms. The van der Waals surface area contributed by atoms with E-state index in [0.717, 1.165) is 38.0 Å². The number of nitrogens with one attached hydrogen (secondary N) is 1. The number of unbranched alkanes of at least 4 members (excludes halogenated alkanes) is 1. The molecule has 0 unspecified atom stereocenters. The summed E-state index contributed by atoms with van der Waals surface area (Å²) in [6, 6.07) is 12.8. The zero-order valence-corrected chi connectivity index (χ0v) is 20.4. The van der Waals surface area contributed by atoms with Crippen molar-refractivity contribution in [1.82, 2.24) is 10.2 Å². The Balaban J connectivity index is 1.83. The molecule has 1 heterocycles. The van der Waals surface area contributed by atoms with E-state index in [2.05, 4.69) is 24.1 Å². The van der Waals surface area contributed by atoms with Gasteiger partial charge < -0.3 is 19.9 Å². The van der Waals surface area contributed by atoms with E-state index in [0.29, 0.717) is 24.4 Å². The van der Waals surface area contributed by atoms with Crippen molar-refractivity contribution in [1.29, 1.82) is 0 Å². The third-order valence-electron chi connectivity index (χ3n) is 6.50. The molecule has 1 aliphatic rings. The summed E-state index contributed by atoms with van der Waals surface area (Å²) < 4.78 is 18.9. The van der Waals surface area contributed by atoms with Crippen molar-refractivity contribution in [2.24, 2.45) is 5.92 Å². The van der Waals surface area contributed by atoms with Gasteiger partial charge >= 0.3 is 0 Å². The maximum absolute atomic E-state index is 13.7. The quantitative estimate of drug-likeness (QED) is 0.524. The summed E-state index contributed by atoms with van der Waals surface area (Å²) >= 11 is 0. The number of nitrogens with zero attached hydrogens (tertiary/aromatic N) is 2. The number of piperidine rings is 1. The van der Waals surface area contributed by atoms with Crippen LogP contribution in [0.5, 0.6) is 5.75 Å². The first-order valence-electron chi connectivity index (χ1n) is 12.2. The average molecular weight is 470 g/mol. The van der Waals surface area contributed by atoms with Gasteiger partial charge in [0.05, 0.1) is 19.1 Å². The van der Waals surface area contributed by atoms with E-state index in [1.165, 1.54) is 12.1 Å². The Labute approximate surface area is 202 Å². The van der Waals surface area contributed by atoms with Crippen molar-refractivity contribution < 1.29 is 18.7 Å². The van der Waals surface area contributed by atoms with E-state index in [1.807, 2.05) is 12.1 Å².